The van der Waals surface area contributed by atoms with Crippen LogP contribution in [0, 0.1) is 23.3 Å². The van der Waals surface area contributed by atoms with E-state index in [-0.39, 0.29) is 24.8 Å². The number of nitrogens with zero attached hydrogens (tertiary/aromatic N) is 1. The minimum absolute atomic E-state index is 0.0652. The van der Waals surface area contributed by atoms with Gasteiger partial charge < -0.3 is 24.6 Å². The summed E-state index contributed by atoms with van der Waals surface area (Å²) in [7, 11) is 1.53. The summed E-state index contributed by atoms with van der Waals surface area (Å²) in [6.07, 6.45) is 1.08. The van der Waals surface area contributed by atoms with E-state index in [1.807, 2.05) is 5.32 Å². The minimum Gasteiger partial charge on any atom is -0.478 e. The number of ether oxygens (including phenoxy) is 3. The first kappa shape index (κ1) is 23.0. The first-order valence-electron chi connectivity index (χ1n) is 8.34. The predicted octanol–water partition coefficient (Wildman–Crippen LogP) is 2.63. The molecule has 0 aliphatic carbocycles. The smallest absolute Gasteiger partial charge is 0.339 e. The molecule has 0 spiro atoms. The number of hydrogen-bond donors (Lipinski definition) is 2. The highest BCUT2D eigenvalue weighted by atomic mass is 19.2. The highest BCUT2D eigenvalue weighted by molar-refractivity contribution is 6.11. The van der Waals surface area contributed by atoms with E-state index in [4.69, 9.17) is 19.3 Å². The number of rotatable bonds is 10. The second-order valence-electron chi connectivity index (χ2n) is 5.60. The normalized spacial score (nSPS) is 10.7. The number of hydrogen-bond acceptors (Lipinski definition) is 6. The molecule has 2 aromatic rings. The molecule has 1 amide bonds. The highest BCUT2D eigenvalue weighted by Gasteiger charge is 2.32. The number of carbonyl (C=O) groups excluding carboxylic acids is 1. The number of nitrogens with one attached hydrogen (secondary N) is 1. The molecule has 0 fully saturated rings. The number of aromatic nitrogens is 1. The molecule has 0 aliphatic heterocycles. The van der Waals surface area contributed by atoms with Crippen molar-refractivity contribution >= 4 is 17.6 Å². The molecule has 0 saturated carbocycles. The molecule has 0 bridgehead atoms. The van der Waals surface area contributed by atoms with Crippen LogP contribution in [-0.4, -0.2) is 55.5 Å². The molecule has 0 aliphatic rings. The molecule has 0 saturated heterocycles. The van der Waals surface area contributed by atoms with E-state index in [9.17, 15) is 27.2 Å². The number of amides is 1. The summed E-state index contributed by atoms with van der Waals surface area (Å²) >= 11 is 0. The lowest BCUT2D eigenvalue weighted by molar-refractivity contribution is 0.0537. The topological polar surface area (TPSA) is 107 Å². The first-order valence-corrected chi connectivity index (χ1v) is 8.34. The lowest BCUT2D eigenvalue weighted by Gasteiger charge is -2.11. The Morgan fingerprint density at radius 1 is 0.967 bits per heavy atom. The van der Waals surface area contributed by atoms with Crippen molar-refractivity contribution in [3.05, 3.63) is 52.7 Å². The maximum absolute atomic E-state index is 14.0. The number of aromatic carboxylic acids is 1. The molecule has 162 valence electrons. The molecule has 8 nitrogen and oxygen atoms in total. The summed E-state index contributed by atoms with van der Waals surface area (Å²) in [5.41, 5.74) is -3.19. The van der Waals surface area contributed by atoms with Crippen LogP contribution in [0.2, 0.25) is 0 Å². The fourth-order valence-corrected chi connectivity index (χ4v) is 2.23. The van der Waals surface area contributed by atoms with Gasteiger partial charge in [-0.1, -0.05) is 0 Å². The van der Waals surface area contributed by atoms with Gasteiger partial charge in [0, 0.05) is 13.2 Å². The second-order valence-corrected chi connectivity index (χ2v) is 5.60. The van der Waals surface area contributed by atoms with Crippen molar-refractivity contribution in [3.8, 4) is 5.88 Å². The Morgan fingerprint density at radius 2 is 1.60 bits per heavy atom. The standard InChI is InChI=1S/C18H16F4N2O6/c1-28-4-5-29-6-7-30-10-3-2-9(8-23-10)24-17(25)11-12(18(26)27)14(20)16(22)15(21)13(11)19/h2-3,8H,4-7H2,1H3,(H,24,25)(H,26,27). The van der Waals surface area contributed by atoms with E-state index < -0.39 is 46.3 Å². The van der Waals surface area contributed by atoms with Crippen molar-refractivity contribution in [3.63, 3.8) is 0 Å². The van der Waals surface area contributed by atoms with Gasteiger partial charge in [0.15, 0.2) is 23.3 Å². The van der Waals surface area contributed by atoms with Crippen molar-refractivity contribution < 1.29 is 46.5 Å². The van der Waals surface area contributed by atoms with Gasteiger partial charge in [-0.3, -0.25) is 4.79 Å². The third-order valence-electron chi connectivity index (χ3n) is 3.61. The van der Waals surface area contributed by atoms with Gasteiger partial charge in [-0.05, 0) is 6.07 Å². The summed E-state index contributed by atoms with van der Waals surface area (Å²) in [5, 5.41) is 11.0. The van der Waals surface area contributed by atoms with Gasteiger partial charge >= 0.3 is 5.97 Å². The molecule has 12 heteroatoms. The Kier molecular flexibility index (Phi) is 8.07. The predicted molar refractivity (Wildman–Crippen MR) is 93.6 cm³/mol. The molecular formula is C18H16F4N2O6. The Labute approximate surface area is 167 Å². The van der Waals surface area contributed by atoms with Crippen molar-refractivity contribution in [1.82, 2.24) is 4.98 Å². The summed E-state index contributed by atoms with van der Waals surface area (Å²) in [4.78, 5) is 27.2. The Balaban J connectivity index is 2.09. The van der Waals surface area contributed by atoms with Crippen LogP contribution in [0.15, 0.2) is 18.3 Å². The second kappa shape index (κ2) is 10.5. The van der Waals surface area contributed by atoms with Crippen LogP contribution in [0.4, 0.5) is 23.2 Å². The van der Waals surface area contributed by atoms with Crippen LogP contribution in [-0.2, 0) is 9.47 Å². The molecule has 1 aromatic carbocycles. The molecular weight excluding hydrogens is 416 g/mol. The number of carboxylic acids is 1. The highest BCUT2D eigenvalue weighted by Crippen LogP contribution is 2.25. The molecule has 0 radical (unpaired) electrons. The van der Waals surface area contributed by atoms with Gasteiger partial charge in [0.25, 0.3) is 5.91 Å². The van der Waals surface area contributed by atoms with Gasteiger partial charge in [0.05, 0.1) is 37.3 Å². The van der Waals surface area contributed by atoms with Crippen molar-refractivity contribution in [1.29, 1.82) is 0 Å². The average Bonchev–Trinajstić information content (AvgIpc) is 2.72. The Hall–Kier alpha value is -3.25. The van der Waals surface area contributed by atoms with Crippen LogP contribution in [0.3, 0.4) is 0 Å². The molecule has 1 aromatic heterocycles. The number of methoxy groups -OCH3 is 1. The molecule has 0 unspecified atom stereocenters. The number of carbonyl (C=O) groups is 2. The molecule has 2 N–H and O–H groups in total. The summed E-state index contributed by atoms with van der Waals surface area (Å²) < 4.78 is 69.7. The SMILES string of the molecule is COCCOCCOc1ccc(NC(=O)c2c(F)c(F)c(F)c(F)c2C(=O)O)cn1. The maximum Gasteiger partial charge on any atom is 0.339 e. The van der Waals surface area contributed by atoms with Crippen LogP contribution >= 0.6 is 0 Å². The number of pyridine rings is 1. The van der Waals surface area contributed by atoms with Gasteiger partial charge in [-0.15, -0.1) is 0 Å². The van der Waals surface area contributed by atoms with E-state index in [1.54, 1.807) is 0 Å². The first-order chi connectivity index (χ1) is 14.3. The van der Waals surface area contributed by atoms with E-state index in [2.05, 4.69) is 4.98 Å². The molecule has 30 heavy (non-hydrogen) atoms. The van der Waals surface area contributed by atoms with Crippen molar-refractivity contribution in [2.24, 2.45) is 0 Å². The van der Waals surface area contributed by atoms with Gasteiger partial charge in [0.1, 0.15) is 12.2 Å². The fourth-order valence-electron chi connectivity index (χ4n) is 2.23. The van der Waals surface area contributed by atoms with Crippen LogP contribution in [0.25, 0.3) is 0 Å². The summed E-state index contributed by atoms with van der Waals surface area (Å²) in [6.45, 7) is 1.25. The monoisotopic (exact) mass is 432 g/mol. The molecule has 0 atom stereocenters. The summed E-state index contributed by atoms with van der Waals surface area (Å²) in [6, 6.07) is 2.59. The van der Waals surface area contributed by atoms with Crippen LogP contribution in [0.1, 0.15) is 20.7 Å². The largest absolute Gasteiger partial charge is 0.478 e. The summed E-state index contributed by atoms with van der Waals surface area (Å²) in [5.74, 6) is -12.5. The van der Waals surface area contributed by atoms with Gasteiger partial charge in [-0.2, -0.15) is 0 Å². The fraction of sp³-hybridized carbons (Fsp3) is 0.278. The quantitative estimate of drug-likeness (QED) is 0.257. The third kappa shape index (κ3) is 5.42. The minimum atomic E-state index is -2.34. The van der Waals surface area contributed by atoms with E-state index in [0.29, 0.717) is 13.2 Å². The van der Waals surface area contributed by atoms with Crippen molar-refractivity contribution in [2.45, 2.75) is 0 Å². The van der Waals surface area contributed by atoms with Gasteiger partial charge in [0.2, 0.25) is 5.88 Å². The number of halogens is 4. The molecule has 1 heterocycles. The Morgan fingerprint density at radius 3 is 2.17 bits per heavy atom. The van der Waals surface area contributed by atoms with E-state index in [0.717, 1.165) is 6.20 Å². The maximum atomic E-state index is 14.0. The number of carboxylic acid groups (broad SMARTS) is 1. The zero-order valence-electron chi connectivity index (χ0n) is 15.5. The van der Waals surface area contributed by atoms with Crippen LogP contribution in [0.5, 0.6) is 5.88 Å². The average molecular weight is 432 g/mol. The molecule has 2 rings (SSSR count). The Bertz CT molecular complexity index is 924. The third-order valence-corrected chi connectivity index (χ3v) is 3.61. The van der Waals surface area contributed by atoms with E-state index >= 15 is 0 Å². The zero-order chi connectivity index (χ0) is 22.3. The van der Waals surface area contributed by atoms with Gasteiger partial charge in [-0.25, -0.2) is 27.3 Å². The zero-order valence-corrected chi connectivity index (χ0v) is 15.5. The lowest BCUT2D eigenvalue weighted by atomic mass is 10.0. The van der Waals surface area contributed by atoms with Crippen molar-refractivity contribution in [2.75, 3.05) is 38.9 Å². The lowest BCUT2D eigenvalue weighted by Crippen LogP contribution is -2.22. The number of anilines is 1. The van der Waals surface area contributed by atoms with E-state index in [1.165, 1.54) is 19.2 Å². The number of benzene rings is 1. The van der Waals surface area contributed by atoms with Crippen LogP contribution < -0.4 is 10.1 Å².